The van der Waals surface area contributed by atoms with Crippen molar-refractivity contribution in [2.45, 2.75) is 57.7 Å². The van der Waals surface area contributed by atoms with Crippen molar-refractivity contribution in [1.82, 2.24) is 44.7 Å². The van der Waals surface area contributed by atoms with Crippen LogP contribution in [0.5, 0.6) is 0 Å². The van der Waals surface area contributed by atoms with Gasteiger partial charge in [-0.1, -0.05) is 18.2 Å². The molecule has 390 valence electrons. The molecule has 0 aliphatic carbocycles. The lowest BCUT2D eigenvalue weighted by atomic mass is 9.90. The van der Waals surface area contributed by atoms with Crippen LogP contribution in [0.25, 0.3) is 33.4 Å². The van der Waals surface area contributed by atoms with Gasteiger partial charge >= 0.3 is 0 Å². The molecule has 2 fully saturated rings. The zero-order chi connectivity index (χ0) is 50.1. The minimum Gasteiger partial charge on any atom is -0.424 e. The molecule has 0 saturated carbocycles. The predicted octanol–water partition coefficient (Wildman–Crippen LogP) is 2.03. The number of nitrogens with two attached hydrogens (primary N) is 2. The number of nitrogen functional groups attached to an aromatic ring is 2. The molecule has 0 bridgehead atoms. The van der Waals surface area contributed by atoms with E-state index in [1.54, 1.807) is 0 Å². The van der Waals surface area contributed by atoms with Crippen LogP contribution in [0.15, 0.2) is 47.1 Å². The van der Waals surface area contributed by atoms with E-state index >= 15 is 0 Å². The molecule has 3 amide bonds. The number of hydrogen-bond acceptors (Lipinski definition) is 18. The molecule has 2 aromatic carbocycles. The fourth-order valence-corrected chi connectivity index (χ4v) is 9.59. The molecule has 22 nitrogen and oxygen atoms in total. The Hall–Kier alpha value is -5.85. The van der Waals surface area contributed by atoms with Gasteiger partial charge in [0.15, 0.2) is 11.2 Å². The number of likely N-dealkylation sites (tertiary alicyclic amines) is 2. The number of aromatic nitrogens is 5. The molecule has 72 heavy (non-hydrogen) atoms. The average Bonchev–Trinajstić information content (AvgIpc) is 3.98. The summed E-state index contributed by atoms with van der Waals surface area (Å²) in [5, 5.41) is 16.8. The van der Waals surface area contributed by atoms with Crippen LogP contribution in [0, 0.1) is 5.92 Å². The van der Waals surface area contributed by atoms with Crippen LogP contribution in [0.1, 0.15) is 48.8 Å². The first kappa shape index (κ1) is 52.5. The Morgan fingerprint density at radius 3 is 2.08 bits per heavy atom. The number of carbonyl (C=O) groups is 3. The smallest absolute Gasteiger partial charge is 0.292 e. The third-order valence-electron chi connectivity index (χ3n) is 13.4. The summed E-state index contributed by atoms with van der Waals surface area (Å²) in [5.74, 6) is 0.324. The number of oxazole rings is 1. The van der Waals surface area contributed by atoms with Crippen molar-refractivity contribution < 1.29 is 52.3 Å². The number of aliphatic hydroxyl groups excluding tert-OH is 1. The lowest BCUT2D eigenvalue weighted by Gasteiger charge is -2.42. The molecule has 0 spiro atoms. The second-order valence-corrected chi connectivity index (χ2v) is 18.2. The van der Waals surface area contributed by atoms with Crippen LogP contribution in [0.2, 0.25) is 0 Å². The highest BCUT2D eigenvalue weighted by molar-refractivity contribution is 5.99. The van der Waals surface area contributed by atoms with E-state index in [1.807, 2.05) is 32.7 Å². The van der Waals surface area contributed by atoms with Crippen LogP contribution in [-0.4, -0.2) is 193 Å². The molecule has 0 unspecified atom stereocenters. The maximum atomic E-state index is 13.9. The van der Waals surface area contributed by atoms with Crippen LogP contribution >= 0.6 is 0 Å². The quantitative estimate of drug-likeness (QED) is 0.0548. The van der Waals surface area contributed by atoms with Crippen LogP contribution in [0.4, 0.5) is 11.8 Å². The summed E-state index contributed by atoms with van der Waals surface area (Å²) in [5.41, 5.74) is 19.0. The van der Waals surface area contributed by atoms with Crippen molar-refractivity contribution in [3.8, 4) is 11.3 Å². The highest BCUT2D eigenvalue weighted by Gasteiger charge is 2.34. The maximum Gasteiger partial charge on any atom is 0.292 e. The number of amides is 3. The number of piperidine rings is 2. The van der Waals surface area contributed by atoms with Gasteiger partial charge in [0.25, 0.3) is 6.01 Å². The zero-order valence-electron chi connectivity index (χ0n) is 41.1. The Kier molecular flexibility index (Phi) is 19.5. The summed E-state index contributed by atoms with van der Waals surface area (Å²) in [6.45, 7) is 9.98. The second-order valence-electron chi connectivity index (χ2n) is 18.2. The Bertz CT molecular complexity index is 2540. The monoisotopic (exact) mass is 1000 g/mol. The standard InChI is InChI=1S/C50H69N11O11/c51-47-45-46(38-3-4-42-41(30-38)56-50(52)72-42)57-61(48(45)55-34-54-47)31-35-1-2-39-32-60(14-7-37(39)29-35)49(65)36-5-12-58(13-6-36)40-8-15-59(16-9-40)44(64)10-17-66-19-21-68-23-25-70-27-28-71-26-24-69-22-20-67-18-11-53-43(63)33-62/h1-4,29-30,34,36,40,62H,5-28,31-33H2,(H2,52,56)(H,53,63)(H2,51,54,55). The molecule has 2 saturated heterocycles. The predicted molar refractivity (Wildman–Crippen MR) is 265 cm³/mol. The lowest BCUT2D eigenvalue weighted by Crippen LogP contribution is -2.50. The van der Waals surface area contributed by atoms with Gasteiger partial charge in [0.2, 0.25) is 17.7 Å². The van der Waals surface area contributed by atoms with E-state index < -0.39 is 12.5 Å². The number of benzene rings is 2. The first-order valence-electron chi connectivity index (χ1n) is 25.1. The summed E-state index contributed by atoms with van der Waals surface area (Å²) in [6.07, 6.45) is 6.19. The number of carbonyl (C=O) groups excluding carboxylic acids is 3. The minimum atomic E-state index is -0.528. The number of fused-ring (bicyclic) bond motifs is 3. The van der Waals surface area contributed by atoms with E-state index in [4.69, 9.17) is 54.5 Å². The van der Waals surface area contributed by atoms with Crippen molar-refractivity contribution in [2.75, 3.05) is 137 Å². The van der Waals surface area contributed by atoms with Crippen LogP contribution in [0.3, 0.4) is 0 Å². The van der Waals surface area contributed by atoms with E-state index in [2.05, 4.69) is 43.4 Å². The molecule has 6 heterocycles. The average molecular weight is 1000 g/mol. The van der Waals surface area contributed by atoms with Crippen LogP contribution in [-0.2, 0) is 62.3 Å². The van der Waals surface area contributed by atoms with Gasteiger partial charge in [0.05, 0.1) is 97.6 Å². The van der Waals surface area contributed by atoms with Gasteiger partial charge in [-0.05, 0) is 80.1 Å². The molecule has 22 heteroatoms. The normalized spacial score (nSPS) is 16.0. The minimum absolute atomic E-state index is 0.0254. The third-order valence-corrected chi connectivity index (χ3v) is 13.4. The number of rotatable bonds is 27. The highest BCUT2D eigenvalue weighted by atomic mass is 16.6. The summed E-state index contributed by atoms with van der Waals surface area (Å²) in [6, 6.07) is 12.6. The fourth-order valence-electron chi connectivity index (χ4n) is 9.59. The summed E-state index contributed by atoms with van der Waals surface area (Å²) in [4.78, 5) is 57.4. The number of nitrogens with one attached hydrogen (secondary N) is 1. The number of anilines is 2. The largest absolute Gasteiger partial charge is 0.424 e. The summed E-state index contributed by atoms with van der Waals surface area (Å²) >= 11 is 0. The SMILES string of the molecule is Nc1nc2cc(-c3nn(Cc4ccc5c(c4)CCN(C(=O)C4CCN(C6CCN(C(=O)CCOCCOCCOCCOCCOCCOCCNC(=O)CO)CC6)CC4)C5)c4ncnc(N)c34)ccc2o1. The maximum absolute atomic E-state index is 13.9. The Morgan fingerprint density at radius 2 is 1.40 bits per heavy atom. The highest BCUT2D eigenvalue weighted by Crippen LogP contribution is 2.33. The van der Waals surface area contributed by atoms with Gasteiger partial charge in [-0.15, -0.1) is 0 Å². The Labute approximate surface area is 418 Å². The van der Waals surface area contributed by atoms with Crippen molar-refractivity contribution >= 4 is 51.7 Å². The zero-order valence-corrected chi connectivity index (χ0v) is 41.1. The van der Waals surface area contributed by atoms with Gasteiger partial charge in [-0.2, -0.15) is 10.1 Å². The van der Waals surface area contributed by atoms with Crippen molar-refractivity contribution in [2.24, 2.45) is 5.92 Å². The molecular formula is C50H69N11O11. The summed E-state index contributed by atoms with van der Waals surface area (Å²) in [7, 11) is 0. The summed E-state index contributed by atoms with van der Waals surface area (Å²) < 4.78 is 40.3. The third kappa shape index (κ3) is 14.4. The molecule has 8 rings (SSSR count). The molecule has 5 aromatic rings. The number of hydrogen-bond donors (Lipinski definition) is 4. The molecule has 6 N–H and O–H groups in total. The number of ether oxygens (including phenoxy) is 6. The van der Waals surface area contributed by atoms with E-state index in [9.17, 15) is 14.4 Å². The van der Waals surface area contributed by atoms with Crippen molar-refractivity contribution in [3.05, 3.63) is 59.4 Å². The van der Waals surface area contributed by atoms with E-state index in [0.29, 0.717) is 152 Å². The Morgan fingerprint density at radius 1 is 0.736 bits per heavy atom. The topological polar surface area (TPSA) is 270 Å². The van der Waals surface area contributed by atoms with Gasteiger partial charge in [-0.3, -0.25) is 14.4 Å². The first-order chi connectivity index (χ1) is 35.2. The Balaban J connectivity index is 0.655. The molecule has 0 radical (unpaired) electrons. The van der Waals surface area contributed by atoms with Gasteiger partial charge in [0, 0.05) is 50.2 Å². The molecule has 0 atom stereocenters. The van der Waals surface area contributed by atoms with E-state index in [0.717, 1.165) is 69.4 Å². The number of nitrogens with zero attached hydrogens (tertiary/aromatic N) is 8. The molecule has 3 aliphatic rings. The van der Waals surface area contributed by atoms with Gasteiger partial charge in [-0.25, -0.2) is 14.6 Å². The van der Waals surface area contributed by atoms with E-state index in [1.165, 1.54) is 17.5 Å². The van der Waals surface area contributed by atoms with Crippen molar-refractivity contribution in [3.63, 3.8) is 0 Å². The fraction of sp³-hybridized carbons (Fsp3) is 0.580. The first-order valence-corrected chi connectivity index (χ1v) is 25.1. The lowest BCUT2D eigenvalue weighted by molar-refractivity contribution is -0.139. The van der Waals surface area contributed by atoms with Crippen molar-refractivity contribution in [1.29, 1.82) is 0 Å². The number of aliphatic hydroxyl groups is 1. The molecular weight excluding hydrogens is 931 g/mol. The van der Waals surface area contributed by atoms with Crippen LogP contribution < -0.4 is 16.8 Å². The molecule has 3 aliphatic heterocycles. The van der Waals surface area contributed by atoms with Gasteiger partial charge < -0.3 is 69.4 Å². The van der Waals surface area contributed by atoms with E-state index in [-0.39, 0.29) is 23.7 Å². The van der Waals surface area contributed by atoms with Gasteiger partial charge in [0.1, 0.15) is 30.0 Å². The second kappa shape index (κ2) is 26.7. The molecule has 3 aromatic heterocycles.